The Balaban J connectivity index is 0.00000144. The number of aromatic nitrogens is 2. The Kier molecular flexibility index (Phi) is 4.04. The Labute approximate surface area is 146 Å². The van der Waals surface area contributed by atoms with Gasteiger partial charge in [0.1, 0.15) is 17.4 Å². The summed E-state index contributed by atoms with van der Waals surface area (Å²) in [4.78, 5) is 12.7. The highest BCUT2D eigenvalue weighted by Crippen LogP contribution is 2.19. The van der Waals surface area contributed by atoms with Gasteiger partial charge in [0, 0.05) is 0 Å². The third-order valence-corrected chi connectivity index (χ3v) is 4.41. The molecule has 1 aliphatic heterocycles. The number of benzene rings is 2. The van der Waals surface area contributed by atoms with E-state index < -0.39 is 0 Å². The van der Waals surface area contributed by atoms with Crippen LogP contribution < -0.4 is 34.1 Å². The molecule has 0 N–H and O–H groups in total. The van der Waals surface area contributed by atoms with Crippen LogP contribution in [0.25, 0.3) is 10.9 Å². The molecule has 22 heavy (non-hydrogen) atoms. The van der Waals surface area contributed by atoms with Gasteiger partial charge < -0.3 is 24.0 Å². The number of hydrogen-bond donors (Lipinski definition) is 0. The van der Waals surface area contributed by atoms with E-state index in [0.29, 0.717) is 6.54 Å². The minimum Gasteiger partial charge on any atom is -1.00 e. The predicted octanol–water partition coefficient (Wildman–Crippen LogP) is -0.735. The van der Waals surface area contributed by atoms with Crippen LogP contribution in [0.2, 0.25) is 0 Å². The maximum absolute atomic E-state index is 12.7. The van der Waals surface area contributed by atoms with Gasteiger partial charge in [-0.3, -0.25) is 0 Å². The van der Waals surface area contributed by atoms with E-state index in [0.717, 1.165) is 29.7 Å². The van der Waals surface area contributed by atoms with Gasteiger partial charge in [0.2, 0.25) is 0 Å². The molecular weight excluding hydrogens is 387 g/mol. The molecule has 0 bridgehead atoms. The lowest BCUT2D eigenvalue weighted by molar-refractivity contribution is -0.677. The lowest BCUT2D eigenvalue weighted by Crippen LogP contribution is -3.00. The Morgan fingerprint density at radius 1 is 1.05 bits per heavy atom. The van der Waals surface area contributed by atoms with E-state index in [9.17, 15) is 4.79 Å². The van der Waals surface area contributed by atoms with E-state index in [-0.39, 0.29) is 29.5 Å². The Bertz CT molecular complexity index is 915. The Morgan fingerprint density at radius 2 is 1.73 bits per heavy atom. The number of halogens is 1. The van der Waals surface area contributed by atoms with Crippen LogP contribution in [0.4, 0.5) is 0 Å². The second-order valence-corrected chi connectivity index (χ2v) is 5.51. The first kappa shape index (κ1) is 15.2. The quantitative estimate of drug-likeness (QED) is 0.304. The van der Waals surface area contributed by atoms with E-state index in [1.165, 1.54) is 11.1 Å². The fraction of sp³-hybridized carbons (Fsp3) is 0.222. The summed E-state index contributed by atoms with van der Waals surface area (Å²) >= 11 is 0. The van der Waals surface area contributed by atoms with Crippen molar-refractivity contribution >= 4 is 10.9 Å². The van der Waals surface area contributed by atoms with Gasteiger partial charge in [0.05, 0.1) is 13.0 Å². The standard InChI is InChI=1S/C18H17N2O.HI/c1-2-19-17-11-13-7-3-4-8-14(13)12-20(17)16-10-6-5-9-15(16)18(19)21;/h3-10H,2,11-12H2,1H3;1H/q+1;/p-1. The second kappa shape index (κ2) is 5.83. The van der Waals surface area contributed by atoms with Crippen LogP contribution in [-0.4, -0.2) is 4.57 Å². The number of rotatable bonds is 1. The third-order valence-electron chi connectivity index (χ3n) is 4.41. The molecule has 3 aromatic rings. The van der Waals surface area contributed by atoms with Gasteiger partial charge in [0.25, 0.3) is 5.82 Å². The van der Waals surface area contributed by atoms with Crippen LogP contribution >= 0.6 is 0 Å². The van der Waals surface area contributed by atoms with Crippen LogP contribution in [-0.2, 0) is 19.5 Å². The third kappa shape index (κ3) is 2.17. The van der Waals surface area contributed by atoms with Gasteiger partial charge in [-0.15, -0.1) is 0 Å². The lowest BCUT2D eigenvalue weighted by Gasteiger charge is -2.19. The minimum absolute atomic E-state index is 0. The summed E-state index contributed by atoms with van der Waals surface area (Å²) in [5, 5.41) is 0.808. The molecule has 112 valence electrons. The summed E-state index contributed by atoms with van der Waals surface area (Å²) < 4.78 is 4.21. The van der Waals surface area contributed by atoms with Gasteiger partial charge in [-0.1, -0.05) is 36.4 Å². The minimum atomic E-state index is 0. The molecule has 3 nitrogen and oxygen atoms in total. The maximum Gasteiger partial charge on any atom is 0.345 e. The van der Waals surface area contributed by atoms with Gasteiger partial charge in [0.15, 0.2) is 0 Å². The van der Waals surface area contributed by atoms with Crippen molar-refractivity contribution in [3.8, 4) is 0 Å². The predicted molar refractivity (Wildman–Crippen MR) is 82.4 cm³/mol. The molecule has 0 radical (unpaired) electrons. The second-order valence-electron chi connectivity index (χ2n) is 5.51. The van der Waals surface area contributed by atoms with Crippen LogP contribution in [0.15, 0.2) is 53.3 Å². The SMILES string of the molecule is CCn1c2[n+](c3ccccc3c1=O)Cc1ccccc1C2.[I-]. The molecular formula is C18H17IN2O. The van der Waals surface area contributed by atoms with Gasteiger partial charge >= 0.3 is 5.56 Å². The topological polar surface area (TPSA) is 25.9 Å². The van der Waals surface area contributed by atoms with Crippen LogP contribution in [0, 0.1) is 0 Å². The molecule has 0 saturated carbocycles. The van der Waals surface area contributed by atoms with Gasteiger partial charge in [-0.25, -0.2) is 9.36 Å². The highest BCUT2D eigenvalue weighted by atomic mass is 127. The van der Waals surface area contributed by atoms with E-state index in [4.69, 9.17) is 0 Å². The van der Waals surface area contributed by atoms with E-state index in [2.05, 4.69) is 28.8 Å². The largest absolute Gasteiger partial charge is 1.00 e. The van der Waals surface area contributed by atoms with Crippen LogP contribution in [0.3, 0.4) is 0 Å². The van der Waals surface area contributed by atoms with Gasteiger partial charge in [-0.2, -0.15) is 4.57 Å². The first-order valence-electron chi connectivity index (χ1n) is 7.40. The van der Waals surface area contributed by atoms with Crippen molar-refractivity contribution in [1.82, 2.24) is 4.57 Å². The van der Waals surface area contributed by atoms with Crippen molar-refractivity contribution < 1.29 is 28.5 Å². The number of hydrogen-bond acceptors (Lipinski definition) is 1. The number of nitrogens with zero attached hydrogens (tertiary/aromatic N) is 2. The Hall–Kier alpha value is -1.69. The van der Waals surface area contributed by atoms with E-state index in [1.807, 2.05) is 35.8 Å². The van der Waals surface area contributed by atoms with Crippen molar-refractivity contribution in [2.75, 3.05) is 0 Å². The average molecular weight is 404 g/mol. The molecule has 4 heteroatoms. The summed E-state index contributed by atoms with van der Waals surface area (Å²) in [6.45, 7) is 3.59. The van der Waals surface area contributed by atoms with Crippen molar-refractivity contribution in [1.29, 1.82) is 0 Å². The molecule has 2 aromatic carbocycles. The number of fused-ring (bicyclic) bond motifs is 4. The molecule has 0 amide bonds. The molecule has 0 aliphatic carbocycles. The zero-order valence-electron chi connectivity index (χ0n) is 12.4. The van der Waals surface area contributed by atoms with Crippen molar-refractivity contribution in [2.45, 2.75) is 26.4 Å². The highest BCUT2D eigenvalue weighted by molar-refractivity contribution is 5.74. The molecule has 0 atom stereocenters. The molecule has 0 saturated heterocycles. The lowest BCUT2D eigenvalue weighted by atomic mass is 9.99. The zero-order chi connectivity index (χ0) is 14.4. The average Bonchev–Trinajstić information content (AvgIpc) is 2.54. The van der Waals surface area contributed by atoms with Gasteiger partial charge in [-0.05, 0) is 30.2 Å². The van der Waals surface area contributed by atoms with E-state index >= 15 is 0 Å². The van der Waals surface area contributed by atoms with Crippen molar-refractivity contribution in [2.24, 2.45) is 0 Å². The fourth-order valence-electron chi connectivity index (χ4n) is 3.36. The summed E-state index contributed by atoms with van der Waals surface area (Å²) in [6.07, 6.45) is 0.823. The number of para-hydroxylation sites is 1. The molecule has 1 aliphatic rings. The van der Waals surface area contributed by atoms with Crippen molar-refractivity contribution in [3.63, 3.8) is 0 Å². The van der Waals surface area contributed by atoms with Crippen LogP contribution in [0.5, 0.6) is 0 Å². The normalized spacial score (nSPS) is 12.4. The summed E-state index contributed by atoms with van der Waals surface area (Å²) in [6, 6.07) is 16.4. The molecule has 0 spiro atoms. The summed E-state index contributed by atoms with van der Waals surface area (Å²) in [7, 11) is 0. The summed E-state index contributed by atoms with van der Waals surface area (Å²) in [5.41, 5.74) is 3.84. The fourth-order valence-corrected chi connectivity index (χ4v) is 3.36. The van der Waals surface area contributed by atoms with Crippen LogP contribution in [0.1, 0.15) is 23.9 Å². The molecule has 0 fully saturated rings. The van der Waals surface area contributed by atoms with E-state index in [1.54, 1.807) is 0 Å². The first-order valence-corrected chi connectivity index (χ1v) is 7.40. The highest BCUT2D eigenvalue weighted by Gasteiger charge is 2.27. The maximum atomic E-state index is 12.7. The molecule has 2 heterocycles. The zero-order valence-corrected chi connectivity index (χ0v) is 14.6. The first-order chi connectivity index (χ1) is 10.3. The monoisotopic (exact) mass is 404 g/mol. The molecule has 4 rings (SSSR count). The molecule has 0 unspecified atom stereocenters. The smallest absolute Gasteiger partial charge is 0.345 e. The molecule has 1 aromatic heterocycles. The summed E-state index contributed by atoms with van der Waals surface area (Å²) in [5.74, 6) is 1.11. The van der Waals surface area contributed by atoms with Crippen molar-refractivity contribution in [3.05, 3.63) is 75.8 Å². The Morgan fingerprint density at radius 3 is 2.50 bits per heavy atom.